The Bertz CT molecular complexity index is 698. The number of rotatable bonds is 4. The van der Waals surface area contributed by atoms with E-state index < -0.39 is 9.84 Å². The fourth-order valence-electron chi connectivity index (χ4n) is 3.39. The Hall–Kier alpha value is -1.38. The molecule has 6 nitrogen and oxygen atoms in total. The molecule has 138 valence electrons. The smallest absolute Gasteiger partial charge is 0.169 e. The standard InChI is InChI=1S/C17H25N3O3S2/c1-23-16-4-2-14(3-5-16)12-18-17(24)20-9-7-19(8-10-20)15-6-11-25(21,22)13-15/h2-5,15H,6-13H2,1H3,(H,18,24)/t15-/m1/s1. The summed E-state index contributed by atoms with van der Waals surface area (Å²) in [4.78, 5) is 4.46. The summed E-state index contributed by atoms with van der Waals surface area (Å²) in [6, 6.07) is 8.11. The number of piperazine rings is 1. The quantitative estimate of drug-likeness (QED) is 0.774. The van der Waals surface area contributed by atoms with E-state index in [0.29, 0.717) is 18.1 Å². The Labute approximate surface area is 155 Å². The van der Waals surface area contributed by atoms with Crippen molar-refractivity contribution in [2.45, 2.75) is 19.0 Å². The number of nitrogens with zero attached hydrogens (tertiary/aromatic N) is 2. The van der Waals surface area contributed by atoms with Crippen LogP contribution in [0.4, 0.5) is 0 Å². The van der Waals surface area contributed by atoms with Crippen LogP contribution in [0.25, 0.3) is 0 Å². The summed E-state index contributed by atoms with van der Waals surface area (Å²) in [5, 5.41) is 4.06. The molecule has 0 aromatic heterocycles. The van der Waals surface area contributed by atoms with Gasteiger partial charge in [-0.05, 0) is 36.3 Å². The van der Waals surface area contributed by atoms with Crippen molar-refractivity contribution >= 4 is 27.2 Å². The van der Waals surface area contributed by atoms with Crippen LogP contribution >= 0.6 is 12.2 Å². The molecule has 0 spiro atoms. The van der Waals surface area contributed by atoms with Crippen LogP contribution in [0, 0.1) is 0 Å². The van der Waals surface area contributed by atoms with Crippen molar-refractivity contribution in [3.8, 4) is 5.75 Å². The zero-order valence-corrected chi connectivity index (χ0v) is 16.1. The maximum absolute atomic E-state index is 11.6. The summed E-state index contributed by atoms with van der Waals surface area (Å²) in [5.74, 6) is 1.49. The first kappa shape index (κ1) is 18.4. The van der Waals surface area contributed by atoms with Crippen LogP contribution in [0.5, 0.6) is 5.75 Å². The van der Waals surface area contributed by atoms with Gasteiger partial charge in [0.1, 0.15) is 5.75 Å². The topological polar surface area (TPSA) is 61.9 Å². The van der Waals surface area contributed by atoms with E-state index in [9.17, 15) is 8.42 Å². The molecule has 1 atom stereocenters. The van der Waals surface area contributed by atoms with Crippen LogP contribution < -0.4 is 10.1 Å². The molecule has 2 heterocycles. The van der Waals surface area contributed by atoms with Crippen molar-refractivity contribution in [1.29, 1.82) is 0 Å². The minimum absolute atomic E-state index is 0.188. The van der Waals surface area contributed by atoms with Gasteiger partial charge in [-0.2, -0.15) is 0 Å². The molecule has 2 aliphatic rings. The highest BCUT2D eigenvalue weighted by Crippen LogP contribution is 2.19. The fraction of sp³-hybridized carbons (Fsp3) is 0.588. The molecule has 0 saturated carbocycles. The molecule has 1 aromatic rings. The van der Waals surface area contributed by atoms with E-state index in [1.54, 1.807) is 7.11 Å². The Morgan fingerprint density at radius 1 is 1.24 bits per heavy atom. The van der Waals surface area contributed by atoms with Crippen molar-refractivity contribution in [2.75, 3.05) is 44.8 Å². The third-order valence-electron chi connectivity index (χ3n) is 4.93. The number of thiocarbonyl (C=S) groups is 1. The number of hydrogen-bond donors (Lipinski definition) is 1. The van der Waals surface area contributed by atoms with Crippen molar-refractivity contribution < 1.29 is 13.2 Å². The van der Waals surface area contributed by atoms with Crippen molar-refractivity contribution in [3.05, 3.63) is 29.8 Å². The van der Waals surface area contributed by atoms with Gasteiger partial charge < -0.3 is 15.0 Å². The molecule has 2 fully saturated rings. The maximum atomic E-state index is 11.6. The Kier molecular flexibility index (Phi) is 5.81. The summed E-state index contributed by atoms with van der Waals surface area (Å²) >= 11 is 5.51. The first-order valence-corrected chi connectivity index (χ1v) is 10.8. The van der Waals surface area contributed by atoms with Gasteiger partial charge in [0.05, 0.1) is 18.6 Å². The summed E-state index contributed by atoms with van der Waals surface area (Å²) in [6.45, 7) is 4.09. The first-order valence-electron chi connectivity index (χ1n) is 8.57. The number of sulfone groups is 1. The maximum Gasteiger partial charge on any atom is 0.169 e. The highest BCUT2D eigenvalue weighted by atomic mass is 32.2. The van der Waals surface area contributed by atoms with Crippen molar-refractivity contribution in [1.82, 2.24) is 15.1 Å². The van der Waals surface area contributed by atoms with Crippen LogP contribution in [-0.4, -0.2) is 74.2 Å². The molecule has 25 heavy (non-hydrogen) atoms. The molecule has 2 saturated heterocycles. The average molecular weight is 384 g/mol. The second kappa shape index (κ2) is 7.88. The molecule has 2 aliphatic heterocycles. The molecule has 0 radical (unpaired) electrons. The number of methoxy groups -OCH3 is 1. The molecule has 0 bridgehead atoms. The van der Waals surface area contributed by atoms with Crippen molar-refractivity contribution in [2.24, 2.45) is 0 Å². The van der Waals surface area contributed by atoms with E-state index in [1.807, 2.05) is 24.3 Å². The van der Waals surface area contributed by atoms with Gasteiger partial charge in [0.15, 0.2) is 14.9 Å². The summed E-state index contributed by atoms with van der Waals surface area (Å²) < 4.78 is 28.4. The number of benzene rings is 1. The molecular weight excluding hydrogens is 358 g/mol. The lowest BCUT2D eigenvalue weighted by atomic mass is 10.2. The van der Waals surface area contributed by atoms with Gasteiger partial charge in [-0.3, -0.25) is 4.90 Å². The van der Waals surface area contributed by atoms with Gasteiger partial charge in [-0.25, -0.2) is 8.42 Å². The highest BCUT2D eigenvalue weighted by Gasteiger charge is 2.33. The van der Waals surface area contributed by atoms with E-state index in [4.69, 9.17) is 17.0 Å². The van der Waals surface area contributed by atoms with Gasteiger partial charge in [0, 0.05) is 38.8 Å². The van der Waals surface area contributed by atoms with Gasteiger partial charge >= 0.3 is 0 Å². The minimum Gasteiger partial charge on any atom is -0.497 e. The lowest BCUT2D eigenvalue weighted by molar-refractivity contribution is 0.142. The largest absolute Gasteiger partial charge is 0.497 e. The van der Waals surface area contributed by atoms with E-state index in [-0.39, 0.29) is 6.04 Å². The third kappa shape index (κ3) is 4.83. The summed E-state index contributed by atoms with van der Waals surface area (Å²) in [6.07, 6.45) is 0.766. The summed E-state index contributed by atoms with van der Waals surface area (Å²) in [5.41, 5.74) is 1.15. The molecule has 0 amide bonds. The zero-order valence-electron chi connectivity index (χ0n) is 14.5. The first-order chi connectivity index (χ1) is 12.0. The molecule has 8 heteroatoms. The molecular formula is C17H25N3O3S2. The SMILES string of the molecule is COc1ccc(CNC(=S)N2CCN([C@@H]3CCS(=O)(=O)C3)CC2)cc1. The van der Waals surface area contributed by atoms with Crippen molar-refractivity contribution in [3.63, 3.8) is 0 Å². The minimum atomic E-state index is -2.82. The lowest BCUT2D eigenvalue weighted by Crippen LogP contribution is -2.54. The van der Waals surface area contributed by atoms with Crippen LogP contribution in [0.3, 0.4) is 0 Å². The second-order valence-electron chi connectivity index (χ2n) is 6.59. The van der Waals surface area contributed by atoms with Gasteiger partial charge in [-0.15, -0.1) is 0 Å². The van der Waals surface area contributed by atoms with Gasteiger partial charge in [0.25, 0.3) is 0 Å². The predicted octanol–water partition coefficient (Wildman–Crippen LogP) is 0.874. The van der Waals surface area contributed by atoms with Gasteiger partial charge in [0.2, 0.25) is 0 Å². The predicted molar refractivity (Wildman–Crippen MR) is 103 cm³/mol. The van der Waals surface area contributed by atoms with E-state index in [2.05, 4.69) is 15.1 Å². The number of hydrogen-bond acceptors (Lipinski definition) is 5. The molecule has 0 aliphatic carbocycles. The van der Waals surface area contributed by atoms with Crippen LogP contribution in [-0.2, 0) is 16.4 Å². The van der Waals surface area contributed by atoms with Gasteiger partial charge in [-0.1, -0.05) is 12.1 Å². The van der Waals surface area contributed by atoms with Crippen LogP contribution in [0.1, 0.15) is 12.0 Å². The van der Waals surface area contributed by atoms with Crippen LogP contribution in [0.2, 0.25) is 0 Å². The molecule has 0 unspecified atom stereocenters. The monoisotopic (exact) mass is 383 g/mol. The highest BCUT2D eigenvalue weighted by molar-refractivity contribution is 7.91. The Balaban J connectivity index is 1.43. The number of ether oxygens (including phenoxy) is 1. The number of nitrogens with one attached hydrogen (secondary N) is 1. The van der Waals surface area contributed by atoms with E-state index in [1.165, 1.54) is 0 Å². The van der Waals surface area contributed by atoms with E-state index >= 15 is 0 Å². The molecule has 1 N–H and O–H groups in total. The zero-order chi connectivity index (χ0) is 17.9. The Morgan fingerprint density at radius 2 is 1.92 bits per heavy atom. The second-order valence-corrected chi connectivity index (χ2v) is 9.20. The van der Waals surface area contributed by atoms with Crippen LogP contribution in [0.15, 0.2) is 24.3 Å². The molecule has 1 aromatic carbocycles. The van der Waals surface area contributed by atoms with E-state index in [0.717, 1.165) is 49.0 Å². The normalized spacial score (nSPS) is 23.4. The summed E-state index contributed by atoms with van der Waals surface area (Å²) in [7, 11) is -1.17. The average Bonchev–Trinajstić information content (AvgIpc) is 3.00. The Morgan fingerprint density at radius 3 is 2.48 bits per heavy atom. The molecule has 3 rings (SSSR count). The third-order valence-corrected chi connectivity index (χ3v) is 7.08. The lowest BCUT2D eigenvalue weighted by Gasteiger charge is -2.38. The fourth-order valence-corrected chi connectivity index (χ4v) is 5.40.